The molecule has 2 N–H and O–H groups in total. The van der Waals surface area contributed by atoms with Crippen molar-refractivity contribution in [2.75, 3.05) is 6.54 Å². The molecule has 3 rings (SSSR count). The van der Waals surface area contributed by atoms with Crippen LogP contribution in [0.3, 0.4) is 0 Å². The molecule has 1 aromatic heterocycles. The predicted octanol–water partition coefficient (Wildman–Crippen LogP) is 3.80. The van der Waals surface area contributed by atoms with Crippen molar-refractivity contribution < 1.29 is 0 Å². The lowest BCUT2D eigenvalue weighted by molar-refractivity contribution is 0.317. The van der Waals surface area contributed by atoms with Crippen molar-refractivity contribution in [3.63, 3.8) is 0 Å². The summed E-state index contributed by atoms with van der Waals surface area (Å²) in [5.41, 5.74) is 9.29. The summed E-state index contributed by atoms with van der Waals surface area (Å²) in [7, 11) is 0. The first-order valence-electron chi connectivity index (χ1n) is 6.21. The minimum atomic E-state index is 0.219. The summed E-state index contributed by atoms with van der Waals surface area (Å²) < 4.78 is 1.23. The van der Waals surface area contributed by atoms with Gasteiger partial charge in [0, 0.05) is 9.35 Å². The van der Waals surface area contributed by atoms with E-state index in [9.17, 15) is 0 Å². The van der Waals surface area contributed by atoms with E-state index in [1.807, 2.05) is 11.3 Å². The van der Waals surface area contributed by atoms with Gasteiger partial charge in [0.05, 0.1) is 0 Å². The summed E-state index contributed by atoms with van der Waals surface area (Å²) in [6.07, 6.45) is 3.31. The minimum absolute atomic E-state index is 0.219. The molecule has 18 heavy (non-hydrogen) atoms. The lowest BCUT2D eigenvalue weighted by atomic mass is 9.81. The molecule has 3 heteroatoms. The highest BCUT2D eigenvalue weighted by Gasteiger charge is 2.36. The molecule has 94 valence electrons. The second kappa shape index (κ2) is 4.80. The van der Waals surface area contributed by atoms with E-state index in [2.05, 4.69) is 51.6 Å². The van der Waals surface area contributed by atoms with Crippen molar-refractivity contribution >= 4 is 27.3 Å². The molecule has 0 fully saturated rings. The molecule has 0 bridgehead atoms. The van der Waals surface area contributed by atoms with Gasteiger partial charge in [-0.3, -0.25) is 0 Å². The summed E-state index contributed by atoms with van der Waals surface area (Å²) in [5.74, 6) is 0. The number of hydrogen-bond donors (Lipinski definition) is 1. The number of hydrogen-bond acceptors (Lipinski definition) is 2. The van der Waals surface area contributed by atoms with Gasteiger partial charge in [0.15, 0.2) is 0 Å². The lowest BCUT2D eigenvalue weighted by Gasteiger charge is -2.27. The third-order valence-electron chi connectivity index (χ3n) is 3.91. The Morgan fingerprint density at radius 3 is 2.33 bits per heavy atom. The third-order valence-corrected chi connectivity index (χ3v) is 5.84. The van der Waals surface area contributed by atoms with E-state index in [0.717, 1.165) is 25.8 Å². The Morgan fingerprint density at radius 1 is 1.17 bits per heavy atom. The topological polar surface area (TPSA) is 26.0 Å². The van der Waals surface area contributed by atoms with Gasteiger partial charge in [0.2, 0.25) is 0 Å². The maximum Gasteiger partial charge on any atom is 0.0314 e. The average Bonchev–Trinajstić information content (AvgIpc) is 2.94. The molecule has 0 saturated heterocycles. The van der Waals surface area contributed by atoms with Crippen LogP contribution in [-0.2, 0) is 19.3 Å². The van der Waals surface area contributed by atoms with Crippen LogP contribution >= 0.6 is 27.3 Å². The predicted molar refractivity (Wildman–Crippen MR) is 81.1 cm³/mol. The SMILES string of the molecule is NCC1(Cc2sccc2Br)Cc2ccccc2C1. The van der Waals surface area contributed by atoms with Gasteiger partial charge in [-0.1, -0.05) is 24.3 Å². The van der Waals surface area contributed by atoms with E-state index in [1.165, 1.54) is 20.5 Å². The molecule has 0 amide bonds. The average molecular weight is 322 g/mol. The maximum absolute atomic E-state index is 6.10. The number of benzene rings is 1. The van der Waals surface area contributed by atoms with Crippen molar-refractivity contribution in [1.29, 1.82) is 0 Å². The summed E-state index contributed by atoms with van der Waals surface area (Å²) >= 11 is 5.46. The molecule has 2 aromatic rings. The van der Waals surface area contributed by atoms with Crippen molar-refractivity contribution in [3.05, 3.63) is 56.2 Å². The maximum atomic E-state index is 6.10. The third kappa shape index (κ3) is 2.15. The van der Waals surface area contributed by atoms with Crippen LogP contribution in [0.25, 0.3) is 0 Å². The van der Waals surface area contributed by atoms with E-state index in [1.54, 1.807) is 0 Å². The Kier molecular flexibility index (Phi) is 3.31. The lowest BCUT2D eigenvalue weighted by Crippen LogP contribution is -2.33. The Balaban J connectivity index is 1.88. The van der Waals surface area contributed by atoms with Gasteiger partial charge in [0.25, 0.3) is 0 Å². The fourth-order valence-corrected chi connectivity index (χ4v) is 4.57. The molecule has 0 aliphatic heterocycles. The van der Waals surface area contributed by atoms with E-state index in [4.69, 9.17) is 5.73 Å². The molecule has 1 heterocycles. The molecular weight excluding hydrogens is 306 g/mol. The van der Waals surface area contributed by atoms with Gasteiger partial charge >= 0.3 is 0 Å². The van der Waals surface area contributed by atoms with E-state index in [-0.39, 0.29) is 5.41 Å². The Hall–Kier alpha value is -0.640. The van der Waals surface area contributed by atoms with Gasteiger partial charge in [-0.15, -0.1) is 11.3 Å². The van der Waals surface area contributed by atoms with E-state index >= 15 is 0 Å². The number of halogens is 1. The second-order valence-corrected chi connectivity index (χ2v) is 7.05. The molecule has 1 nitrogen and oxygen atoms in total. The molecular formula is C15H16BrNS. The summed E-state index contributed by atoms with van der Waals surface area (Å²) in [6.45, 7) is 0.756. The van der Waals surface area contributed by atoms with Crippen molar-refractivity contribution in [3.8, 4) is 0 Å². The van der Waals surface area contributed by atoms with Gasteiger partial charge in [-0.2, -0.15) is 0 Å². The molecule has 1 aromatic carbocycles. The van der Waals surface area contributed by atoms with Crippen LogP contribution in [0.15, 0.2) is 40.2 Å². The Bertz CT molecular complexity index is 536. The Labute approximate surface area is 120 Å². The number of rotatable bonds is 3. The first kappa shape index (κ1) is 12.4. The van der Waals surface area contributed by atoms with Crippen molar-refractivity contribution in [2.24, 2.45) is 11.1 Å². The monoisotopic (exact) mass is 321 g/mol. The molecule has 0 saturated carbocycles. The minimum Gasteiger partial charge on any atom is -0.330 e. The number of nitrogens with two attached hydrogens (primary N) is 1. The normalized spacial score (nSPS) is 16.8. The van der Waals surface area contributed by atoms with Crippen LogP contribution < -0.4 is 5.73 Å². The molecule has 0 spiro atoms. The van der Waals surface area contributed by atoms with Crippen LogP contribution in [0, 0.1) is 5.41 Å². The van der Waals surface area contributed by atoms with Gasteiger partial charge in [-0.05, 0) is 69.7 Å². The number of thiophene rings is 1. The van der Waals surface area contributed by atoms with Crippen LogP contribution in [-0.4, -0.2) is 6.54 Å². The fraction of sp³-hybridized carbons (Fsp3) is 0.333. The van der Waals surface area contributed by atoms with Gasteiger partial charge < -0.3 is 5.73 Å². The first-order valence-corrected chi connectivity index (χ1v) is 7.88. The van der Waals surface area contributed by atoms with E-state index in [0.29, 0.717) is 0 Å². The molecule has 0 radical (unpaired) electrons. The van der Waals surface area contributed by atoms with Crippen LogP contribution in [0.4, 0.5) is 0 Å². The zero-order valence-electron chi connectivity index (χ0n) is 10.2. The summed E-state index contributed by atoms with van der Waals surface area (Å²) in [5, 5.41) is 2.14. The number of fused-ring (bicyclic) bond motifs is 1. The molecule has 0 unspecified atom stereocenters. The zero-order chi connectivity index (χ0) is 12.6. The second-order valence-electron chi connectivity index (χ2n) is 5.19. The standard InChI is InChI=1S/C15H16BrNS/c16-13-5-6-18-14(13)9-15(10-17)7-11-3-1-2-4-12(11)8-15/h1-6H,7-10,17H2. The van der Waals surface area contributed by atoms with Gasteiger partial charge in [-0.25, -0.2) is 0 Å². The van der Waals surface area contributed by atoms with Crippen molar-refractivity contribution in [1.82, 2.24) is 0 Å². The highest BCUT2D eigenvalue weighted by molar-refractivity contribution is 9.10. The van der Waals surface area contributed by atoms with Crippen LogP contribution in [0.5, 0.6) is 0 Å². The first-order chi connectivity index (χ1) is 8.72. The molecule has 1 aliphatic carbocycles. The zero-order valence-corrected chi connectivity index (χ0v) is 12.6. The highest BCUT2D eigenvalue weighted by atomic mass is 79.9. The Morgan fingerprint density at radius 2 is 1.83 bits per heavy atom. The summed E-state index contributed by atoms with van der Waals surface area (Å²) in [6, 6.07) is 10.9. The summed E-state index contributed by atoms with van der Waals surface area (Å²) in [4.78, 5) is 1.42. The quantitative estimate of drug-likeness (QED) is 0.914. The largest absolute Gasteiger partial charge is 0.330 e. The van der Waals surface area contributed by atoms with Crippen LogP contribution in [0.2, 0.25) is 0 Å². The van der Waals surface area contributed by atoms with E-state index < -0.39 is 0 Å². The molecule has 0 atom stereocenters. The highest BCUT2D eigenvalue weighted by Crippen LogP contribution is 2.41. The molecule has 1 aliphatic rings. The fourth-order valence-electron chi connectivity index (χ4n) is 2.91. The smallest absolute Gasteiger partial charge is 0.0314 e. The van der Waals surface area contributed by atoms with Gasteiger partial charge in [0.1, 0.15) is 0 Å². The van der Waals surface area contributed by atoms with Crippen molar-refractivity contribution in [2.45, 2.75) is 19.3 Å². The van der Waals surface area contributed by atoms with Crippen LogP contribution in [0.1, 0.15) is 16.0 Å².